The SMILES string of the molecule is CC(C)c1cccc(N[C@H]2CC[C@@H](Oc3cc(N4CCOCC4)cc4nccnc34)CC2)n1. The van der Waals surface area contributed by atoms with Gasteiger partial charge in [-0.1, -0.05) is 19.9 Å². The van der Waals surface area contributed by atoms with Gasteiger partial charge in [0.1, 0.15) is 17.1 Å². The molecule has 3 aromatic rings. The van der Waals surface area contributed by atoms with Crippen LogP contribution in [0, 0.1) is 0 Å². The van der Waals surface area contributed by atoms with Crippen LogP contribution in [-0.4, -0.2) is 53.4 Å². The van der Waals surface area contributed by atoms with Crippen molar-refractivity contribution in [3.05, 3.63) is 48.4 Å². The van der Waals surface area contributed by atoms with E-state index in [0.29, 0.717) is 12.0 Å². The molecule has 2 aliphatic rings. The lowest BCUT2D eigenvalue weighted by Crippen LogP contribution is -2.36. The first kappa shape index (κ1) is 21.9. The van der Waals surface area contributed by atoms with Crippen LogP contribution < -0.4 is 15.0 Å². The number of rotatable bonds is 6. The predicted octanol–water partition coefficient (Wildman–Crippen LogP) is 4.79. The molecule has 7 heteroatoms. The van der Waals surface area contributed by atoms with Crippen molar-refractivity contribution in [2.24, 2.45) is 0 Å². The monoisotopic (exact) mass is 447 g/mol. The number of nitrogens with zero attached hydrogens (tertiary/aromatic N) is 4. The van der Waals surface area contributed by atoms with Gasteiger partial charge in [-0.05, 0) is 49.8 Å². The van der Waals surface area contributed by atoms with Gasteiger partial charge in [-0.15, -0.1) is 0 Å². The highest BCUT2D eigenvalue weighted by atomic mass is 16.5. The van der Waals surface area contributed by atoms with Gasteiger partial charge in [0.05, 0.1) is 24.8 Å². The summed E-state index contributed by atoms with van der Waals surface area (Å²) in [6.45, 7) is 7.62. The number of morpholine rings is 1. The van der Waals surface area contributed by atoms with E-state index in [0.717, 1.165) is 86.0 Å². The second-order valence-electron chi connectivity index (χ2n) is 9.31. The Kier molecular flexibility index (Phi) is 6.58. The number of hydrogen-bond acceptors (Lipinski definition) is 7. The molecule has 1 N–H and O–H groups in total. The lowest BCUT2D eigenvalue weighted by molar-refractivity contribution is 0.122. The fourth-order valence-electron chi connectivity index (χ4n) is 4.69. The summed E-state index contributed by atoms with van der Waals surface area (Å²) < 4.78 is 12.1. The van der Waals surface area contributed by atoms with Gasteiger partial charge in [0.25, 0.3) is 0 Å². The fraction of sp³-hybridized carbons (Fsp3) is 0.500. The Balaban J connectivity index is 1.26. The summed E-state index contributed by atoms with van der Waals surface area (Å²) >= 11 is 0. The molecule has 5 rings (SSSR count). The van der Waals surface area contributed by atoms with E-state index in [1.807, 2.05) is 0 Å². The van der Waals surface area contributed by atoms with Crippen molar-refractivity contribution in [3.63, 3.8) is 0 Å². The zero-order valence-electron chi connectivity index (χ0n) is 19.5. The Bertz CT molecular complexity index is 1080. The van der Waals surface area contributed by atoms with Gasteiger partial charge >= 0.3 is 0 Å². The van der Waals surface area contributed by atoms with Crippen LogP contribution in [0.2, 0.25) is 0 Å². The molecule has 174 valence electrons. The first-order valence-corrected chi connectivity index (χ1v) is 12.1. The van der Waals surface area contributed by atoms with Gasteiger partial charge in [-0.25, -0.2) is 9.97 Å². The first-order valence-electron chi connectivity index (χ1n) is 12.1. The van der Waals surface area contributed by atoms with E-state index in [9.17, 15) is 0 Å². The first-order chi connectivity index (χ1) is 16.2. The predicted molar refractivity (Wildman–Crippen MR) is 131 cm³/mol. The average Bonchev–Trinajstić information content (AvgIpc) is 2.86. The van der Waals surface area contributed by atoms with Crippen molar-refractivity contribution in [1.82, 2.24) is 15.0 Å². The van der Waals surface area contributed by atoms with Crippen LogP contribution in [0.3, 0.4) is 0 Å². The van der Waals surface area contributed by atoms with E-state index in [-0.39, 0.29) is 6.10 Å². The molecule has 0 unspecified atom stereocenters. The van der Waals surface area contributed by atoms with Crippen molar-refractivity contribution in [1.29, 1.82) is 0 Å². The van der Waals surface area contributed by atoms with E-state index in [4.69, 9.17) is 14.5 Å². The van der Waals surface area contributed by atoms with E-state index >= 15 is 0 Å². The van der Waals surface area contributed by atoms with Crippen molar-refractivity contribution in [3.8, 4) is 5.75 Å². The number of nitrogens with one attached hydrogen (secondary N) is 1. The highest BCUT2D eigenvalue weighted by Crippen LogP contribution is 2.33. The number of fused-ring (bicyclic) bond motifs is 1. The molecule has 0 amide bonds. The van der Waals surface area contributed by atoms with Crippen LogP contribution in [0.5, 0.6) is 5.75 Å². The molecule has 0 bridgehead atoms. The lowest BCUT2D eigenvalue weighted by atomic mass is 9.93. The molecule has 2 aromatic heterocycles. The average molecular weight is 448 g/mol. The van der Waals surface area contributed by atoms with Gasteiger partial charge in [0.2, 0.25) is 0 Å². The molecule has 33 heavy (non-hydrogen) atoms. The second-order valence-corrected chi connectivity index (χ2v) is 9.31. The number of aromatic nitrogens is 3. The third-order valence-electron chi connectivity index (χ3n) is 6.58. The maximum absolute atomic E-state index is 6.55. The van der Waals surface area contributed by atoms with Gasteiger partial charge in [-0.3, -0.25) is 4.98 Å². The second kappa shape index (κ2) is 9.91. The van der Waals surface area contributed by atoms with E-state index in [2.05, 4.69) is 64.4 Å². The summed E-state index contributed by atoms with van der Waals surface area (Å²) in [5, 5.41) is 3.63. The molecule has 1 aromatic carbocycles. The largest absolute Gasteiger partial charge is 0.488 e. The van der Waals surface area contributed by atoms with E-state index < -0.39 is 0 Å². The van der Waals surface area contributed by atoms with Crippen molar-refractivity contribution in [2.75, 3.05) is 36.5 Å². The standard InChI is InChI=1S/C26H33N5O2/c1-18(2)22-4-3-5-25(30-22)29-19-6-8-21(9-7-19)33-24-17-20(31-12-14-32-15-13-31)16-23-26(24)28-11-10-27-23/h3-5,10-11,16-19,21H,6-9,12-15H2,1-2H3,(H,29,30)/t19-,21+. The Hall–Kier alpha value is -2.93. The van der Waals surface area contributed by atoms with Crippen LogP contribution >= 0.6 is 0 Å². The summed E-state index contributed by atoms with van der Waals surface area (Å²) in [5.41, 5.74) is 3.98. The van der Waals surface area contributed by atoms with Gasteiger partial charge in [-0.2, -0.15) is 0 Å². The Morgan fingerprint density at radius 3 is 2.61 bits per heavy atom. The molecule has 1 aliphatic carbocycles. The van der Waals surface area contributed by atoms with Crippen molar-refractivity contribution < 1.29 is 9.47 Å². The van der Waals surface area contributed by atoms with Crippen molar-refractivity contribution >= 4 is 22.5 Å². The number of benzene rings is 1. The summed E-state index contributed by atoms with van der Waals surface area (Å²) in [4.78, 5) is 16.2. The number of pyridine rings is 1. The molecule has 1 saturated heterocycles. The van der Waals surface area contributed by atoms with Crippen LogP contribution in [0.15, 0.2) is 42.7 Å². The molecule has 0 radical (unpaired) electrons. The minimum absolute atomic E-state index is 0.183. The lowest BCUT2D eigenvalue weighted by Gasteiger charge is -2.31. The summed E-state index contributed by atoms with van der Waals surface area (Å²) in [5.74, 6) is 2.25. The third-order valence-corrected chi connectivity index (χ3v) is 6.58. The van der Waals surface area contributed by atoms with Crippen LogP contribution in [-0.2, 0) is 4.74 Å². The van der Waals surface area contributed by atoms with Gasteiger partial charge < -0.3 is 19.7 Å². The van der Waals surface area contributed by atoms with Gasteiger partial charge in [0, 0.05) is 49.0 Å². The highest BCUT2D eigenvalue weighted by Gasteiger charge is 2.24. The summed E-state index contributed by atoms with van der Waals surface area (Å²) in [6.07, 6.45) is 7.80. The Morgan fingerprint density at radius 2 is 1.82 bits per heavy atom. The normalized spacial score (nSPS) is 21.4. The fourth-order valence-corrected chi connectivity index (χ4v) is 4.69. The minimum Gasteiger partial charge on any atom is -0.488 e. The topological polar surface area (TPSA) is 72.4 Å². The zero-order chi connectivity index (χ0) is 22.6. The molecule has 1 aliphatic heterocycles. The molecular weight excluding hydrogens is 414 g/mol. The Morgan fingerprint density at radius 1 is 1.03 bits per heavy atom. The van der Waals surface area contributed by atoms with Crippen molar-refractivity contribution in [2.45, 2.75) is 57.6 Å². The maximum atomic E-state index is 6.55. The molecule has 0 atom stereocenters. The highest BCUT2D eigenvalue weighted by molar-refractivity contribution is 5.85. The molecule has 7 nitrogen and oxygen atoms in total. The Labute approximate surface area is 195 Å². The summed E-state index contributed by atoms with van der Waals surface area (Å²) in [7, 11) is 0. The number of anilines is 2. The maximum Gasteiger partial charge on any atom is 0.149 e. The van der Waals surface area contributed by atoms with Crippen LogP contribution in [0.4, 0.5) is 11.5 Å². The van der Waals surface area contributed by atoms with Crippen LogP contribution in [0.25, 0.3) is 11.0 Å². The zero-order valence-corrected chi connectivity index (χ0v) is 19.5. The van der Waals surface area contributed by atoms with E-state index in [1.165, 1.54) is 0 Å². The molecule has 0 spiro atoms. The smallest absolute Gasteiger partial charge is 0.149 e. The molecule has 3 heterocycles. The number of hydrogen-bond donors (Lipinski definition) is 1. The number of ether oxygens (including phenoxy) is 2. The van der Waals surface area contributed by atoms with Gasteiger partial charge in [0.15, 0.2) is 0 Å². The quantitative estimate of drug-likeness (QED) is 0.583. The molecule has 2 fully saturated rings. The van der Waals surface area contributed by atoms with E-state index in [1.54, 1.807) is 12.4 Å². The minimum atomic E-state index is 0.183. The third kappa shape index (κ3) is 5.19. The molecule has 1 saturated carbocycles. The molecular formula is C26H33N5O2. The summed E-state index contributed by atoms with van der Waals surface area (Å²) in [6, 6.07) is 10.9. The van der Waals surface area contributed by atoms with Crippen LogP contribution in [0.1, 0.15) is 51.1 Å².